The molecule has 0 unspecified atom stereocenters. The van der Waals surface area contributed by atoms with Gasteiger partial charge in [-0.2, -0.15) is 11.8 Å². The minimum absolute atomic E-state index is 0.0760. The topological polar surface area (TPSA) is 58.6 Å². The molecule has 0 aromatic rings. The highest BCUT2D eigenvalue weighted by atomic mass is 32.2. The van der Waals surface area contributed by atoms with Gasteiger partial charge >= 0.3 is 6.09 Å². The summed E-state index contributed by atoms with van der Waals surface area (Å²) < 4.78 is 4.93. The molecule has 1 saturated heterocycles. The van der Waals surface area contributed by atoms with E-state index in [1.54, 1.807) is 11.8 Å². The normalized spacial score (nSPS) is 16.7. The van der Waals surface area contributed by atoms with E-state index in [0.29, 0.717) is 25.4 Å². The van der Waals surface area contributed by atoms with E-state index >= 15 is 0 Å². The summed E-state index contributed by atoms with van der Waals surface area (Å²) in [5, 5.41) is 2.97. The summed E-state index contributed by atoms with van der Waals surface area (Å²) in [6, 6.07) is 0.195. The quantitative estimate of drug-likeness (QED) is 0.822. The van der Waals surface area contributed by atoms with E-state index in [-0.39, 0.29) is 18.0 Å². The van der Waals surface area contributed by atoms with Crippen LogP contribution in [0.2, 0.25) is 0 Å². The van der Waals surface area contributed by atoms with Crippen molar-refractivity contribution in [2.24, 2.45) is 0 Å². The van der Waals surface area contributed by atoms with E-state index in [9.17, 15) is 9.59 Å². The van der Waals surface area contributed by atoms with Gasteiger partial charge in [0.05, 0.1) is 12.4 Å². The smallest absolute Gasteiger partial charge is 0.409 e. The maximum Gasteiger partial charge on any atom is 0.409 e. The van der Waals surface area contributed by atoms with Crippen LogP contribution in [0.1, 0.15) is 19.8 Å². The third kappa shape index (κ3) is 4.85. The largest absolute Gasteiger partial charge is 0.450 e. The Balaban J connectivity index is 2.26. The van der Waals surface area contributed by atoms with Crippen molar-refractivity contribution in [3.8, 4) is 0 Å². The maximum absolute atomic E-state index is 11.4. The number of thioether (sulfide) groups is 1. The number of rotatable bonds is 4. The number of ether oxygens (including phenoxy) is 1. The molecule has 0 aliphatic carbocycles. The summed E-state index contributed by atoms with van der Waals surface area (Å²) in [7, 11) is 0. The number of carbonyl (C=O) groups is 2. The van der Waals surface area contributed by atoms with E-state index in [0.717, 1.165) is 12.8 Å². The van der Waals surface area contributed by atoms with Gasteiger partial charge < -0.3 is 15.0 Å². The zero-order valence-electron chi connectivity index (χ0n) is 10.4. The van der Waals surface area contributed by atoms with Gasteiger partial charge in [0.25, 0.3) is 0 Å². The summed E-state index contributed by atoms with van der Waals surface area (Å²) in [6.45, 7) is 3.52. The first-order valence-corrected chi connectivity index (χ1v) is 7.26. The zero-order valence-corrected chi connectivity index (χ0v) is 11.2. The van der Waals surface area contributed by atoms with Crippen LogP contribution in [0.4, 0.5) is 4.79 Å². The molecule has 0 bridgehead atoms. The van der Waals surface area contributed by atoms with E-state index in [2.05, 4.69) is 5.32 Å². The Morgan fingerprint density at radius 3 is 2.59 bits per heavy atom. The van der Waals surface area contributed by atoms with Crippen molar-refractivity contribution in [3.05, 3.63) is 0 Å². The Bertz CT molecular complexity index is 265. The highest BCUT2D eigenvalue weighted by molar-refractivity contribution is 7.99. The molecule has 0 aromatic carbocycles. The molecule has 1 fully saturated rings. The van der Waals surface area contributed by atoms with E-state index in [1.165, 1.54) is 11.8 Å². The van der Waals surface area contributed by atoms with Gasteiger partial charge in [-0.15, -0.1) is 0 Å². The number of nitrogens with zero attached hydrogens (tertiary/aromatic N) is 1. The predicted molar refractivity (Wildman–Crippen MR) is 68.1 cm³/mol. The Morgan fingerprint density at radius 2 is 2.06 bits per heavy atom. The monoisotopic (exact) mass is 260 g/mol. The number of hydrogen-bond donors (Lipinski definition) is 1. The van der Waals surface area contributed by atoms with Gasteiger partial charge in [0.15, 0.2) is 0 Å². The van der Waals surface area contributed by atoms with Crippen LogP contribution < -0.4 is 5.32 Å². The number of nitrogens with one attached hydrogen (secondary N) is 1. The van der Waals surface area contributed by atoms with Gasteiger partial charge in [-0.05, 0) is 26.0 Å². The van der Waals surface area contributed by atoms with Crippen LogP contribution in [0.25, 0.3) is 0 Å². The number of hydrogen-bond acceptors (Lipinski definition) is 4. The van der Waals surface area contributed by atoms with E-state index in [4.69, 9.17) is 4.74 Å². The summed E-state index contributed by atoms with van der Waals surface area (Å²) in [6.07, 6.45) is 3.27. The van der Waals surface area contributed by atoms with Gasteiger partial charge in [0.2, 0.25) is 5.91 Å². The van der Waals surface area contributed by atoms with Crippen LogP contribution in [0.15, 0.2) is 0 Å². The molecule has 1 aliphatic heterocycles. The first kappa shape index (κ1) is 14.2. The molecule has 1 rings (SSSR count). The fourth-order valence-electron chi connectivity index (χ4n) is 1.82. The minimum Gasteiger partial charge on any atom is -0.450 e. The lowest BCUT2D eigenvalue weighted by Gasteiger charge is -2.31. The second kappa shape index (κ2) is 7.42. The van der Waals surface area contributed by atoms with Gasteiger partial charge in [-0.25, -0.2) is 4.79 Å². The molecule has 1 N–H and O–H groups in total. The molecule has 0 spiro atoms. The third-order valence-electron chi connectivity index (χ3n) is 2.66. The maximum atomic E-state index is 11.4. The molecule has 5 nitrogen and oxygen atoms in total. The van der Waals surface area contributed by atoms with Crippen molar-refractivity contribution in [2.45, 2.75) is 25.8 Å². The molecule has 1 aliphatic rings. The molecule has 0 atom stereocenters. The lowest BCUT2D eigenvalue weighted by Crippen LogP contribution is -2.47. The second-order valence-electron chi connectivity index (χ2n) is 3.96. The van der Waals surface area contributed by atoms with Crippen molar-refractivity contribution < 1.29 is 14.3 Å². The van der Waals surface area contributed by atoms with Gasteiger partial charge in [0.1, 0.15) is 0 Å². The Morgan fingerprint density at radius 1 is 1.41 bits per heavy atom. The number of carbonyl (C=O) groups excluding carboxylic acids is 2. The van der Waals surface area contributed by atoms with E-state index in [1.807, 2.05) is 6.26 Å². The van der Waals surface area contributed by atoms with E-state index < -0.39 is 0 Å². The van der Waals surface area contributed by atoms with Crippen LogP contribution >= 0.6 is 11.8 Å². The molecule has 6 heteroatoms. The van der Waals surface area contributed by atoms with Crippen LogP contribution in [-0.2, 0) is 9.53 Å². The standard InChI is InChI=1S/C11H20N2O3S/c1-3-16-11(15)13-6-4-9(5-7-13)12-10(14)8-17-2/h9H,3-8H2,1-2H3,(H,12,14). The zero-order chi connectivity index (χ0) is 12.7. The first-order valence-electron chi connectivity index (χ1n) is 5.87. The van der Waals surface area contributed by atoms with Crippen LogP contribution in [-0.4, -0.2) is 54.6 Å². The van der Waals surface area contributed by atoms with Crippen molar-refractivity contribution in [1.82, 2.24) is 10.2 Å². The van der Waals surface area contributed by atoms with Gasteiger partial charge in [-0.3, -0.25) is 4.79 Å². The second-order valence-corrected chi connectivity index (χ2v) is 4.83. The van der Waals surface area contributed by atoms with Crippen LogP contribution in [0.5, 0.6) is 0 Å². The molecule has 1 heterocycles. The average molecular weight is 260 g/mol. The van der Waals surface area contributed by atoms with Gasteiger partial charge in [0, 0.05) is 19.1 Å². The van der Waals surface area contributed by atoms with Crippen molar-refractivity contribution >= 4 is 23.8 Å². The van der Waals surface area contributed by atoms with Crippen molar-refractivity contribution in [1.29, 1.82) is 0 Å². The summed E-state index contributed by atoms with van der Waals surface area (Å²) in [5.74, 6) is 0.574. The number of piperidine rings is 1. The van der Waals surface area contributed by atoms with Gasteiger partial charge in [-0.1, -0.05) is 0 Å². The molecule has 0 saturated carbocycles. The molecule has 0 radical (unpaired) electrons. The van der Waals surface area contributed by atoms with Crippen LogP contribution in [0.3, 0.4) is 0 Å². The summed E-state index contributed by atoms with van der Waals surface area (Å²) in [5.41, 5.74) is 0. The highest BCUT2D eigenvalue weighted by Gasteiger charge is 2.24. The Kier molecular flexibility index (Phi) is 6.18. The van der Waals surface area contributed by atoms with Crippen LogP contribution in [0, 0.1) is 0 Å². The molecule has 17 heavy (non-hydrogen) atoms. The molecule has 98 valence electrons. The summed E-state index contributed by atoms with van der Waals surface area (Å²) in [4.78, 5) is 24.5. The lowest BCUT2D eigenvalue weighted by molar-refractivity contribution is -0.119. The Hall–Kier alpha value is -0.910. The van der Waals surface area contributed by atoms with Crippen molar-refractivity contribution in [2.75, 3.05) is 31.7 Å². The highest BCUT2D eigenvalue weighted by Crippen LogP contribution is 2.11. The molecule has 0 aromatic heterocycles. The predicted octanol–water partition coefficient (Wildman–Crippen LogP) is 1.09. The fourth-order valence-corrected chi connectivity index (χ4v) is 2.17. The number of amides is 2. The molecular formula is C11H20N2O3S. The summed E-state index contributed by atoms with van der Waals surface area (Å²) >= 11 is 1.51. The fraction of sp³-hybridized carbons (Fsp3) is 0.818. The first-order chi connectivity index (χ1) is 8.17. The average Bonchev–Trinajstić information content (AvgIpc) is 2.30. The molecule has 2 amide bonds. The van der Waals surface area contributed by atoms with Crippen molar-refractivity contribution in [3.63, 3.8) is 0 Å². The number of likely N-dealkylation sites (tertiary alicyclic amines) is 1. The minimum atomic E-state index is -0.249. The molecular weight excluding hydrogens is 240 g/mol. The Labute approximate surface area is 106 Å². The third-order valence-corrected chi connectivity index (χ3v) is 3.21. The SMILES string of the molecule is CCOC(=O)N1CCC(NC(=O)CSC)CC1. The lowest BCUT2D eigenvalue weighted by atomic mass is 10.1.